The van der Waals surface area contributed by atoms with E-state index in [1.807, 2.05) is 43.0 Å². The van der Waals surface area contributed by atoms with E-state index in [1.54, 1.807) is 6.08 Å². The summed E-state index contributed by atoms with van der Waals surface area (Å²) in [5.74, 6) is 1.36. The number of benzene rings is 2. The van der Waals surface area contributed by atoms with Gasteiger partial charge in [-0.2, -0.15) is 0 Å². The average Bonchev–Trinajstić information content (AvgIpc) is 2.96. The molecule has 38 heavy (non-hydrogen) atoms. The van der Waals surface area contributed by atoms with Crippen molar-refractivity contribution in [3.8, 4) is 16.9 Å². The van der Waals surface area contributed by atoms with Crippen LogP contribution in [0.5, 0.6) is 5.75 Å². The van der Waals surface area contributed by atoms with Gasteiger partial charge in [-0.25, -0.2) is 4.39 Å². The molecule has 0 bridgehead atoms. The number of alkyl halides is 1. The summed E-state index contributed by atoms with van der Waals surface area (Å²) in [6.07, 6.45) is 5.54. The van der Waals surface area contributed by atoms with Gasteiger partial charge in [-0.05, 0) is 92.4 Å². The lowest BCUT2D eigenvalue weighted by Gasteiger charge is -2.36. The van der Waals surface area contributed by atoms with Crippen LogP contribution in [0.2, 0.25) is 0 Å². The third kappa shape index (κ3) is 7.23. The van der Waals surface area contributed by atoms with Gasteiger partial charge in [0.1, 0.15) is 17.6 Å². The number of likely N-dealkylation sites (tertiary alicyclic amines) is 2. The zero-order valence-corrected chi connectivity index (χ0v) is 23.1. The van der Waals surface area contributed by atoms with Crippen molar-refractivity contribution >= 4 is 6.08 Å². The SMILES string of the molecule is C=Cc1cc(-c2ccc(OCC3CCN(CC(F)(CC)CC)CC3)cc2)ccc1C(O)N1CCCC(O)C1. The third-order valence-corrected chi connectivity index (χ3v) is 8.51. The molecule has 2 aliphatic rings. The minimum absolute atomic E-state index is 0.387. The van der Waals surface area contributed by atoms with Crippen molar-refractivity contribution in [1.29, 1.82) is 0 Å². The van der Waals surface area contributed by atoms with Gasteiger partial charge in [-0.15, -0.1) is 0 Å². The van der Waals surface area contributed by atoms with Gasteiger partial charge in [0.15, 0.2) is 0 Å². The first-order valence-corrected chi connectivity index (χ1v) is 14.3. The number of halogens is 1. The summed E-state index contributed by atoms with van der Waals surface area (Å²) in [7, 11) is 0. The summed E-state index contributed by atoms with van der Waals surface area (Å²) in [6, 6.07) is 14.2. The lowest BCUT2D eigenvalue weighted by atomic mass is 9.94. The minimum Gasteiger partial charge on any atom is -0.493 e. The Kier molecular flexibility index (Phi) is 9.99. The normalized spacial score (nSPS) is 20.8. The Morgan fingerprint density at radius 1 is 1.05 bits per heavy atom. The number of nitrogens with zero attached hydrogens (tertiary/aromatic N) is 2. The zero-order valence-electron chi connectivity index (χ0n) is 23.1. The predicted molar refractivity (Wildman–Crippen MR) is 153 cm³/mol. The highest BCUT2D eigenvalue weighted by Gasteiger charge is 2.30. The maximum atomic E-state index is 14.8. The molecule has 5 nitrogen and oxygen atoms in total. The molecule has 2 atom stereocenters. The minimum atomic E-state index is -1.06. The second-order valence-electron chi connectivity index (χ2n) is 11.1. The number of aliphatic hydroxyl groups is 2. The quantitative estimate of drug-likeness (QED) is 0.374. The van der Waals surface area contributed by atoms with Crippen LogP contribution >= 0.6 is 0 Å². The van der Waals surface area contributed by atoms with E-state index in [9.17, 15) is 14.6 Å². The maximum Gasteiger partial charge on any atom is 0.134 e. The van der Waals surface area contributed by atoms with E-state index in [1.165, 1.54) is 0 Å². The Hall–Kier alpha value is -2.25. The molecule has 0 amide bonds. The average molecular weight is 525 g/mol. The molecule has 2 saturated heterocycles. The molecule has 0 saturated carbocycles. The Labute approximate surface area is 227 Å². The molecule has 2 unspecified atom stereocenters. The van der Waals surface area contributed by atoms with E-state index < -0.39 is 11.9 Å². The zero-order chi connectivity index (χ0) is 27.1. The van der Waals surface area contributed by atoms with Crippen molar-refractivity contribution in [2.24, 2.45) is 5.92 Å². The topological polar surface area (TPSA) is 56.2 Å². The van der Waals surface area contributed by atoms with E-state index in [2.05, 4.69) is 29.7 Å². The lowest BCUT2D eigenvalue weighted by Crippen LogP contribution is -2.44. The fourth-order valence-corrected chi connectivity index (χ4v) is 5.71. The van der Waals surface area contributed by atoms with Gasteiger partial charge in [-0.3, -0.25) is 4.90 Å². The van der Waals surface area contributed by atoms with Crippen LogP contribution in [0.25, 0.3) is 17.2 Å². The first kappa shape index (κ1) is 28.8. The van der Waals surface area contributed by atoms with Gasteiger partial charge in [0.2, 0.25) is 0 Å². The molecule has 0 radical (unpaired) electrons. The second-order valence-corrected chi connectivity index (χ2v) is 11.1. The van der Waals surface area contributed by atoms with Gasteiger partial charge in [-0.1, -0.05) is 50.8 Å². The molecule has 4 rings (SSSR count). The first-order valence-electron chi connectivity index (χ1n) is 14.3. The number of β-amino-alcohol motifs (C(OH)–C–C–N with tert-alkyl or cyclic N) is 1. The maximum absolute atomic E-state index is 14.8. The Bertz CT molecular complexity index is 1030. The number of hydrogen-bond donors (Lipinski definition) is 2. The third-order valence-electron chi connectivity index (χ3n) is 8.51. The summed E-state index contributed by atoms with van der Waals surface area (Å²) in [6.45, 7) is 12.2. The van der Waals surface area contributed by atoms with Crippen molar-refractivity contribution in [2.45, 2.75) is 70.4 Å². The largest absolute Gasteiger partial charge is 0.493 e. The first-order chi connectivity index (χ1) is 18.3. The number of rotatable bonds is 11. The van der Waals surface area contributed by atoms with Crippen LogP contribution < -0.4 is 4.74 Å². The van der Waals surface area contributed by atoms with Gasteiger partial charge < -0.3 is 19.8 Å². The molecule has 2 heterocycles. The highest BCUT2D eigenvalue weighted by Crippen LogP contribution is 2.31. The van der Waals surface area contributed by atoms with Crippen molar-refractivity contribution in [2.75, 3.05) is 39.3 Å². The molecule has 208 valence electrons. The lowest BCUT2D eigenvalue weighted by molar-refractivity contribution is -0.0456. The van der Waals surface area contributed by atoms with E-state index >= 15 is 0 Å². The highest BCUT2D eigenvalue weighted by atomic mass is 19.1. The second kappa shape index (κ2) is 13.2. The molecule has 0 aromatic heterocycles. The van der Waals surface area contributed by atoms with Crippen molar-refractivity contribution in [3.63, 3.8) is 0 Å². The van der Waals surface area contributed by atoms with Crippen LogP contribution in [0.3, 0.4) is 0 Å². The van der Waals surface area contributed by atoms with E-state index in [4.69, 9.17) is 4.74 Å². The van der Waals surface area contributed by atoms with Crippen LogP contribution in [-0.2, 0) is 0 Å². The van der Waals surface area contributed by atoms with Gasteiger partial charge in [0.05, 0.1) is 12.7 Å². The molecule has 0 spiro atoms. The van der Waals surface area contributed by atoms with E-state index in [-0.39, 0.29) is 6.10 Å². The molecule has 2 aromatic rings. The van der Waals surface area contributed by atoms with Crippen LogP contribution in [0.15, 0.2) is 49.0 Å². The monoisotopic (exact) mass is 524 g/mol. The Morgan fingerprint density at radius 3 is 2.37 bits per heavy atom. The number of piperidine rings is 2. The molecule has 2 N–H and O–H groups in total. The molecular formula is C32H45FN2O3. The van der Waals surface area contributed by atoms with Gasteiger partial charge in [0.25, 0.3) is 0 Å². The number of aliphatic hydroxyl groups excluding tert-OH is 2. The van der Waals surface area contributed by atoms with E-state index in [0.29, 0.717) is 38.5 Å². The van der Waals surface area contributed by atoms with Crippen LogP contribution in [-0.4, -0.2) is 71.1 Å². The fourth-order valence-electron chi connectivity index (χ4n) is 5.71. The Morgan fingerprint density at radius 2 is 1.74 bits per heavy atom. The summed E-state index contributed by atoms with van der Waals surface area (Å²) < 4.78 is 20.9. The summed E-state index contributed by atoms with van der Waals surface area (Å²) in [5.41, 5.74) is 2.77. The van der Waals surface area contributed by atoms with Crippen LogP contribution in [0, 0.1) is 5.92 Å². The standard InChI is InChI=1S/C32H45FN2O3/c1-4-25-20-27(11-14-30(25)31(37)35-17-7-8-28(36)21-35)26-9-12-29(13-10-26)38-22-24-15-18-34(19-16-24)23-32(33,5-2)6-3/h4,9-14,20,24,28,31,36-37H,1,5-8,15-19,21-23H2,2-3H3. The summed E-state index contributed by atoms with van der Waals surface area (Å²) in [5, 5.41) is 21.0. The molecular weight excluding hydrogens is 479 g/mol. The Balaban J connectivity index is 1.31. The fraction of sp³-hybridized carbons (Fsp3) is 0.562. The smallest absolute Gasteiger partial charge is 0.134 e. The van der Waals surface area contributed by atoms with Crippen molar-refractivity contribution < 1.29 is 19.3 Å². The van der Waals surface area contributed by atoms with Crippen molar-refractivity contribution in [3.05, 3.63) is 60.2 Å². The summed E-state index contributed by atoms with van der Waals surface area (Å²) >= 11 is 0. The highest BCUT2D eigenvalue weighted by molar-refractivity contribution is 5.69. The predicted octanol–water partition coefficient (Wildman–Crippen LogP) is 6.06. The number of ether oxygens (including phenoxy) is 1. The number of hydrogen-bond acceptors (Lipinski definition) is 5. The van der Waals surface area contributed by atoms with Crippen molar-refractivity contribution in [1.82, 2.24) is 9.80 Å². The molecule has 0 aliphatic carbocycles. The van der Waals surface area contributed by atoms with Crippen LogP contribution in [0.1, 0.15) is 69.7 Å². The van der Waals surface area contributed by atoms with Gasteiger partial charge in [0, 0.05) is 25.2 Å². The van der Waals surface area contributed by atoms with Gasteiger partial charge >= 0.3 is 0 Å². The van der Waals surface area contributed by atoms with E-state index in [0.717, 1.165) is 73.3 Å². The summed E-state index contributed by atoms with van der Waals surface area (Å²) in [4.78, 5) is 4.20. The molecule has 2 fully saturated rings. The molecule has 6 heteroatoms. The molecule has 2 aromatic carbocycles. The van der Waals surface area contributed by atoms with Crippen LogP contribution in [0.4, 0.5) is 4.39 Å². The molecule has 2 aliphatic heterocycles.